The molecular weight excluding hydrogens is 453 g/mol. The van der Waals surface area contributed by atoms with Crippen molar-refractivity contribution in [1.29, 1.82) is 0 Å². The molecule has 2 heterocycles. The fraction of sp³-hybridized carbons (Fsp3) is 0.357. The van der Waals surface area contributed by atoms with E-state index in [9.17, 15) is 9.90 Å². The van der Waals surface area contributed by atoms with Gasteiger partial charge in [0.1, 0.15) is 5.75 Å². The molecule has 2 atom stereocenters. The van der Waals surface area contributed by atoms with Crippen molar-refractivity contribution in [1.82, 2.24) is 4.98 Å². The van der Waals surface area contributed by atoms with E-state index in [-0.39, 0.29) is 41.2 Å². The van der Waals surface area contributed by atoms with E-state index in [1.54, 1.807) is 17.4 Å². The summed E-state index contributed by atoms with van der Waals surface area (Å²) >= 11 is 1.65. The molecule has 0 radical (unpaired) electrons. The van der Waals surface area contributed by atoms with Crippen LogP contribution in [0.25, 0.3) is 31.6 Å². The Balaban J connectivity index is 0.00000274. The number of pyridine rings is 1. The van der Waals surface area contributed by atoms with Crippen molar-refractivity contribution in [2.75, 3.05) is 0 Å². The minimum atomic E-state index is -1.20. The quantitative estimate of drug-likeness (QED) is 0.411. The van der Waals surface area contributed by atoms with Crippen LogP contribution in [0.5, 0.6) is 5.75 Å². The fourth-order valence-corrected chi connectivity index (χ4v) is 6.28. The Morgan fingerprint density at radius 3 is 2.71 bits per heavy atom. The largest absolute Gasteiger partial charge is 1.00 e. The number of nitrogens with zero attached hydrogens (tertiary/aromatic N) is 1. The maximum atomic E-state index is 12.4. The van der Waals surface area contributed by atoms with Gasteiger partial charge in [-0.15, -0.1) is 11.3 Å². The summed E-state index contributed by atoms with van der Waals surface area (Å²) in [5.74, 6) is 0.0244. The smallest absolute Gasteiger partial charge is 0.545 e. The van der Waals surface area contributed by atoms with E-state index in [1.807, 2.05) is 24.3 Å². The first kappa shape index (κ1) is 25.2. The van der Waals surface area contributed by atoms with Crippen LogP contribution in [-0.2, 0) is 6.42 Å². The van der Waals surface area contributed by atoms with Crippen LogP contribution in [0.4, 0.5) is 0 Å². The summed E-state index contributed by atoms with van der Waals surface area (Å²) in [4.78, 5) is 18.4. The van der Waals surface area contributed by atoms with Crippen LogP contribution >= 0.6 is 11.3 Å². The zero-order valence-electron chi connectivity index (χ0n) is 20.3. The third-order valence-electron chi connectivity index (χ3n) is 6.86. The van der Waals surface area contributed by atoms with Crippen molar-refractivity contribution in [3.63, 3.8) is 0 Å². The van der Waals surface area contributed by atoms with Crippen molar-refractivity contribution in [2.24, 2.45) is 5.92 Å². The summed E-state index contributed by atoms with van der Waals surface area (Å²) in [6.45, 7) is 6.39. The molecule has 1 fully saturated rings. The van der Waals surface area contributed by atoms with Crippen LogP contribution in [0.1, 0.15) is 61.0 Å². The van der Waals surface area contributed by atoms with E-state index in [2.05, 4.69) is 32.9 Å². The number of benzene rings is 2. The van der Waals surface area contributed by atoms with Gasteiger partial charge in [0.2, 0.25) is 0 Å². The van der Waals surface area contributed by atoms with Crippen LogP contribution in [0.2, 0.25) is 0 Å². The van der Waals surface area contributed by atoms with Gasteiger partial charge in [-0.1, -0.05) is 44.5 Å². The zero-order valence-corrected chi connectivity index (χ0v) is 23.1. The molecule has 6 heteroatoms. The predicted molar refractivity (Wildman–Crippen MR) is 133 cm³/mol. The van der Waals surface area contributed by atoms with E-state index < -0.39 is 5.97 Å². The molecule has 1 aliphatic carbocycles. The number of fused-ring (bicyclic) bond motifs is 2. The van der Waals surface area contributed by atoms with E-state index >= 15 is 0 Å². The SMILES string of the molecule is CCc1ccc(O[C@H]2CCC[C@@H](C)C2)c2c(C(=O)[O-])cc(-c3sc4ccccc4c3C)nc12.[Na+]. The van der Waals surface area contributed by atoms with E-state index in [1.165, 1.54) is 16.5 Å². The van der Waals surface area contributed by atoms with E-state index in [0.717, 1.165) is 41.7 Å². The predicted octanol–water partition coefficient (Wildman–Crippen LogP) is 3.31. The molecule has 1 aliphatic rings. The molecule has 170 valence electrons. The van der Waals surface area contributed by atoms with Gasteiger partial charge >= 0.3 is 29.6 Å². The molecule has 0 unspecified atom stereocenters. The third-order valence-corrected chi connectivity index (χ3v) is 8.16. The molecule has 0 saturated heterocycles. The normalized spacial score (nSPS) is 18.1. The minimum Gasteiger partial charge on any atom is -0.545 e. The van der Waals surface area contributed by atoms with E-state index in [4.69, 9.17) is 9.72 Å². The van der Waals surface area contributed by atoms with Gasteiger partial charge in [0, 0.05) is 10.3 Å². The first-order chi connectivity index (χ1) is 16.0. The molecule has 4 nitrogen and oxygen atoms in total. The summed E-state index contributed by atoms with van der Waals surface area (Å²) in [5.41, 5.74) is 3.66. The maximum Gasteiger partial charge on any atom is 1.00 e. The number of aromatic nitrogens is 1. The number of rotatable bonds is 5. The van der Waals surface area contributed by atoms with Gasteiger partial charge in [-0.2, -0.15) is 0 Å². The Morgan fingerprint density at radius 2 is 2.00 bits per heavy atom. The van der Waals surface area contributed by atoms with Crippen molar-refractivity contribution in [3.8, 4) is 16.3 Å². The number of thiophene rings is 1. The number of ether oxygens (including phenoxy) is 1. The summed E-state index contributed by atoms with van der Waals surface area (Å²) in [6.07, 6.45) is 5.20. The second kappa shape index (κ2) is 10.4. The number of carbonyl (C=O) groups is 1. The molecule has 0 spiro atoms. The molecule has 0 bridgehead atoms. The number of carboxylic acid groups (broad SMARTS) is 1. The molecule has 2 aromatic heterocycles. The first-order valence-corrected chi connectivity index (χ1v) is 12.6. The van der Waals surface area contributed by atoms with Crippen LogP contribution in [-0.4, -0.2) is 17.1 Å². The number of aryl methyl sites for hydroxylation is 2. The monoisotopic (exact) mass is 481 g/mol. The van der Waals surface area contributed by atoms with Gasteiger partial charge in [0.15, 0.2) is 0 Å². The molecular formula is C28H28NNaO3S. The summed E-state index contributed by atoms with van der Waals surface area (Å²) < 4.78 is 7.59. The number of hydrogen-bond acceptors (Lipinski definition) is 5. The first-order valence-electron chi connectivity index (χ1n) is 11.8. The zero-order chi connectivity index (χ0) is 23.1. The molecule has 4 aromatic rings. The molecule has 5 rings (SSSR count). The Hall–Kier alpha value is -1.92. The topological polar surface area (TPSA) is 62.2 Å². The number of carbonyl (C=O) groups excluding carboxylic acids is 1. The number of aromatic carboxylic acids is 1. The van der Waals surface area contributed by atoms with Gasteiger partial charge in [-0.3, -0.25) is 0 Å². The average Bonchev–Trinajstić information content (AvgIpc) is 3.15. The van der Waals surface area contributed by atoms with Gasteiger partial charge < -0.3 is 14.6 Å². The van der Waals surface area contributed by atoms with Crippen LogP contribution in [0.15, 0.2) is 42.5 Å². The Kier molecular flexibility index (Phi) is 7.68. The average molecular weight is 482 g/mol. The fourth-order valence-electron chi connectivity index (χ4n) is 5.11. The second-order valence-electron chi connectivity index (χ2n) is 9.21. The van der Waals surface area contributed by atoms with Gasteiger partial charge in [0.05, 0.1) is 33.5 Å². The standard InChI is InChI=1S/C28H29NO3S.Na/c1-4-18-12-13-23(32-19-9-7-8-16(2)14-19)25-21(28(30)31)15-22(29-26(18)25)27-17(3)20-10-5-6-11-24(20)33-27;/h5-6,10-13,15-16,19H,4,7-9,14H2,1-3H3,(H,30,31);/q;+1/p-1/t16-,19+;/m1./s1. The van der Waals surface area contributed by atoms with Gasteiger partial charge in [0.25, 0.3) is 0 Å². The molecule has 1 saturated carbocycles. The molecule has 0 N–H and O–H groups in total. The van der Waals surface area contributed by atoms with Crippen molar-refractivity contribution >= 4 is 38.3 Å². The summed E-state index contributed by atoms with van der Waals surface area (Å²) in [7, 11) is 0. The molecule has 0 amide bonds. The van der Waals surface area contributed by atoms with Crippen molar-refractivity contribution in [2.45, 2.75) is 59.0 Å². The van der Waals surface area contributed by atoms with Gasteiger partial charge in [-0.05, 0) is 73.2 Å². The van der Waals surface area contributed by atoms with Crippen LogP contribution in [0.3, 0.4) is 0 Å². The third kappa shape index (κ3) is 4.64. The molecule has 34 heavy (non-hydrogen) atoms. The van der Waals surface area contributed by atoms with Crippen LogP contribution < -0.4 is 39.4 Å². The maximum absolute atomic E-state index is 12.4. The second-order valence-corrected chi connectivity index (χ2v) is 10.3. The van der Waals surface area contributed by atoms with Gasteiger partial charge in [-0.25, -0.2) is 4.98 Å². The number of carboxylic acids is 1. The Bertz CT molecular complexity index is 1360. The Labute approximate surface area is 226 Å². The molecule has 2 aromatic carbocycles. The number of hydrogen-bond donors (Lipinski definition) is 0. The minimum absolute atomic E-state index is 0. The van der Waals surface area contributed by atoms with Crippen molar-refractivity contribution < 1.29 is 44.2 Å². The van der Waals surface area contributed by atoms with Crippen molar-refractivity contribution in [3.05, 3.63) is 59.2 Å². The van der Waals surface area contributed by atoms with Crippen LogP contribution in [0, 0.1) is 12.8 Å². The van der Waals surface area contributed by atoms with E-state index in [0.29, 0.717) is 28.3 Å². The summed E-state index contributed by atoms with van der Waals surface area (Å²) in [6, 6.07) is 13.8. The Morgan fingerprint density at radius 1 is 1.21 bits per heavy atom. The summed E-state index contributed by atoms with van der Waals surface area (Å²) in [5, 5.41) is 14.1. The molecule has 0 aliphatic heterocycles.